The molecule has 0 radical (unpaired) electrons. The maximum atomic E-state index is 4.46. The second-order valence-corrected chi connectivity index (χ2v) is 4.79. The Morgan fingerprint density at radius 3 is 2.95 bits per heavy atom. The molecule has 0 amide bonds. The van der Waals surface area contributed by atoms with Gasteiger partial charge in [-0.3, -0.25) is 0 Å². The first-order chi connectivity index (χ1) is 9.78. The smallest absolute Gasteiger partial charge is 0.180 e. The van der Waals surface area contributed by atoms with Gasteiger partial charge in [0.1, 0.15) is 23.5 Å². The van der Waals surface area contributed by atoms with Gasteiger partial charge in [-0.15, -0.1) is 0 Å². The fraction of sp³-hybridized carbons (Fsp3) is 0.143. The number of hydrogen-bond donors (Lipinski definition) is 2. The molecule has 2 N–H and O–H groups in total. The second kappa shape index (κ2) is 4.12. The van der Waals surface area contributed by atoms with Crippen LogP contribution in [0.25, 0.3) is 22.2 Å². The van der Waals surface area contributed by atoms with Crippen LogP contribution in [0.4, 0.5) is 0 Å². The van der Waals surface area contributed by atoms with Crippen molar-refractivity contribution in [3.63, 3.8) is 0 Å². The SMILES string of the molecule is Cc1nc2ccc(Cc3nc4ncncc4[nH]3)cc2[nH]1. The normalized spacial score (nSPS) is 11.4. The predicted octanol–water partition coefficient (Wildman–Crippen LogP) is 2.13. The van der Waals surface area contributed by atoms with Crippen LogP contribution in [0, 0.1) is 6.92 Å². The Morgan fingerprint density at radius 1 is 1.10 bits per heavy atom. The molecule has 98 valence electrons. The van der Waals surface area contributed by atoms with Crippen LogP contribution in [0.1, 0.15) is 17.2 Å². The molecule has 0 fully saturated rings. The molecule has 0 atom stereocenters. The van der Waals surface area contributed by atoms with Crippen LogP contribution in [0.5, 0.6) is 0 Å². The molecule has 3 heterocycles. The molecule has 20 heavy (non-hydrogen) atoms. The third-order valence-electron chi connectivity index (χ3n) is 3.25. The summed E-state index contributed by atoms with van der Waals surface area (Å²) >= 11 is 0. The van der Waals surface area contributed by atoms with Crippen molar-refractivity contribution in [1.29, 1.82) is 0 Å². The van der Waals surface area contributed by atoms with E-state index >= 15 is 0 Å². The van der Waals surface area contributed by atoms with Gasteiger partial charge in [-0.1, -0.05) is 6.07 Å². The van der Waals surface area contributed by atoms with Crippen molar-refractivity contribution < 1.29 is 0 Å². The van der Waals surface area contributed by atoms with E-state index in [0.29, 0.717) is 5.65 Å². The highest BCUT2D eigenvalue weighted by molar-refractivity contribution is 5.76. The highest BCUT2D eigenvalue weighted by Crippen LogP contribution is 2.16. The molecule has 4 aromatic rings. The zero-order valence-electron chi connectivity index (χ0n) is 10.9. The Kier molecular flexibility index (Phi) is 2.29. The van der Waals surface area contributed by atoms with Gasteiger partial charge in [0, 0.05) is 6.42 Å². The molecule has 0 bridgehead atoms. The lowest BCUT2D eigenvalue weighted by Gasteiger charge is -1.98. The zero-order valence-corrected chi connectivity index (χ0v) is 10.9. The predicted molar refractivity (Wildman–Crippen MR) is 75.3 cm³/mol. The molecule has 0 saturated carbocycles. The number of benzene rings is 1. The Labute approximate surface area is 114 Å². The number of imidazole rings is 2. The maximum absolute atomic E-state index is 4.46. The topological polar surface area (TPSA) is 83.1 Å². The van der Waals surface area contributed by atoms with Crippen molar-refractivity contribution in [2.45, 2.75) is 13.3 Å². The zero-order chi connectivity index (χ0) is 13.5. The average Bonchev–Trinajstić information content (AvgIpc) is 2.99. The van der Waals surface area contributed by atoms with E-state index in [2.05, 4.69) is 42.0 Å². The minimum absolute atomic E-state index is 0.702. The number of rotatable bonds is 2. The Hall–Kier alpha value is -2.76. The third-order valence-corrected chi connectivity index (χ3v) is 3.25. The number of fused-ring (bicyclic) bond motifs is 2. The van der Waals surface area contributed by atoms with E-state index in [1.807, 2.05) is 13.0 Å². The summed E-state index contributed by atoms with van der Waals surface area (Å²) in [6.07, 6.45) is 3.97. The van der Waals surface area contributed by atoms with E-state index in [0.717, 1.165) is 34.6 Å². The Morgan fingerprint density at radius 2 is 2.05 bits per heavy atom. The molecule has 0 unspecified atom stereocenters. The van der Waals surface area contributed by atoms with Crippen LogP contribution in [-0.4, -0.2) is 29.9 Å². The van der Waals surface area contributed by atoms with E-state index in [-0.39, 0.29) is 0 Å². The first-order valence-corrected chi connectivity index (χ1v) is 6.38. The summed E-state index contributed by atoms with van der Waals surface area (Å²) in [5, 5.41) is 0. The van der Waals surface area contributed by atoms with Gasteiger partial charge in [0.25, 0.3) is 0 Å². The number of aromatic amines is 2. The second-order valence-electron chi connectivity index (χ2n) is 4.79. The molecular formula is C14H12N6. The first-order valence-electron chi connectivity index (χ1n) is 6.38. The van der Waals surface area contributed by atoms with Gasteiger partial charge >= 0.3 is 0 Å². The van der Waals surface area contributed by atoms with Gasteiger partial charge in [0.15, 0.2) is 5.65 Å². The van der Waals surface area contributed by atoms with Gasteiger partial charge in [-0.25, -0.2) is 19.9 Å². The molecule has 0 spiro atoms. The number of hydrogen-bond acceptors (Lipinski definition) is 4. The molecule has 4 rings (SSSR count). The van der Waals surface area contributed by atoms with Gasteiger partial charge in [0.05, 0.1) is 17.2 Å². The van der Waals surface area contributed by atoms with Crippen LogP contribution in [0.15, 0.2) is 30.7 Å². The van der Waals surface area contributed by atoms with Gasteiger partial charge in [-0.05, 0) is 24.6 Å². The van der Waals surface area contributed by atoms with Crippen molar-refractivity contribution >= 4 is 22.2 Å². The van der Waals surface area contributed by atoms with E-state index in [1.54, 1.807) is 6.20 Å². The van der Waals surface area contributed by atoms with Gasteiger partial charge in [-0.2, -0.15) is 0 Å². The highest BCUT2D eigenvalue weighted by Gasteiger charge is 2.06. The summed E-state index contributed by atoms with van der Waals surface area (Å²) in [5.74, 6) is 1.81. The van der Waals surface area contributed by atoms with Crippen molar-refractivity contribution in [2.75, 3.05) is 0 Å². The number of nitrogens with one attached hydrogen (secondary N) is 2. The van der Waals surface area contributed by atoms with Crippen LogP contribution in [0.3, 0.4) is 0 Å². The molecular weight excluding hydrogens is 252 g/mol. The maximum Gasteiger partial charge on any atom is 0.180 e. The van der Waals surface area contributed by atoms with Crippen molar-refractivity contribution in [1.82, 2.24) is 29.9 Å². The summed E-state index contributed by atoms with van der Waals surface area (Å²) in [6, 6.07) is 6.20. The number of nitrogens with zero attached hydrogens (tertiary/aromatic N) is 4. The number of aromatic nitrogens is 6. The van der Waals surface area contributed by atoms with Crippen LogP contribution in [0.2, 0.25) is 0 Å². The van der Waals surface area contributed by atoms with Gasteiger partial charge in [0.2, 0.25) is 0 Å². The average molecular weight is 264 g/mol. The monoisotopic (exact) mass is 264 g/mol. The van der Waals surface area contributed by atoms with Crippen LogP contribution in [-0.2, 0) is 6.42 Å². The summed E-state index contributed by atoms with van der Waals surface area (Å²) in [6.45, 7) is 1.96. The summed E-state index contributed by atoms with van der Waals surface area (Å²) in [7, 11) is 0. The first kappa shape index (κ1) is 11.1. The molecule has 6 nitrogen and oxygen atoms in total. The molecule has 0 aliphatic heterocycles. The third kappa shape index (κ3) is 1.82. The molecule has 0 aliphatic rings. The minimum Gasteiger partial charge on any atom is -0.342 e. The molecule has 3 aromatic heterocycles. The van der Waals surface area contributed by atoms with E-state index in [4.69, 9.17) is 0 Å². The number of aryl methyl sites for hydroxylation is 1. The highest BCUT2D eigenvalue weighted by atomic mass is 15.0. The van der Waals surface area contributed by atoms with Crippen LogP contribution < -0.4 is 0 Å². The molecule has 1 aromatic carbocycles. The molecule has 0 aliphatic carbocycles. The summed E-state index contributed by atoms with van der Waals surface area (Å²) in [4.78, 5) is 23.5. The van der Waals surface area contributed by atoms with Crippen molar-refractivity contribution in [2.24, 2.45) is 0 Å². The fourth-order valence-electron chi connectivity index (χ4n) is 2.38. The quantitative estimate of drug-likeness (QED) is 0.581. The lowest BCUT2D eigenvalue weighted by Crippen LogP contribution is -1.90. The molecule has 6 heteroatoms. The van der Waals surface area contributed by atoms with Crippen molar-refractivity contribution in [3.8, 4) is 0 Å². The lowest BCUT2D eigenvalue weighted by molar-refractivity contribution is 1.04. The van der Waals surface area contributed by atoms with E-state index < -0.39 is 0 Å². The van der Waals surface area contributed by atoms with Gasteiger partial charge < -0.3 is 9.97 Å². The fourth-order valence-corrected chi connectivity index (χ4v) is 2.38. The van der Waals surface area contributed by atoms with E-state index in [9.17, 15) is 0 Å². The summed E-state index contributed by atoms with van der Waals surface area (Å²) < 4.78 is 0. The van der Waals surface area contributed by atoms with Crippen LogP contribution >= 0.6 is 0 Å². The summed E-state index contributed by atoms with van der Waals surface area (Å²) in [5.41, 5.74) is 4.78. The standard InChI is InChI=1S/C14H12N6/c1-8-17-10-3-2-9(4-11(10)18-8)5-13-19-12-6-15-7-16-14(12)20-13/h2-4,6-7H,5H2,1H3,(H,17,18)(H,15,16,19,20). The van der Waals surface area contributed by atoms with Crippen molar-refractivity contribution in [3.05, 3.63) is 47.9 Å². The lowest BCUT2D eigenvalue weighted by atomic mass is 10.1. The largest absolute Gasteiger partial charge is 0.342 e. The van der Waals surface area contributed by atoms with E-state index in [1.165, 1.54) is 11.9 Å². The molecule has 0 saturated heterocycles. The Balaban J connectivity index is 1.72. The number of H-pyrrole nitrogens is 2. The Bertz CT molecular complexity index is 871. The minimum atomic E-state index is 0.702.